The van der Waals surface area contributed by atoms with E-state index in [4.69, 9.17) is 9.47 Å². The van der Waals surface area contributed by atoms with Gasteiger partial charge in [0.25, 0.3) is 5.78 Å². The molecule has 1 aliphatic rings. The average Bonchev–Trinajstić information content (AvgIpc) is 2.64. The lowest BCUT2D eigenvalue weighted by molar-refractivity contribution is -0.182. The van der Waals surface area contributed by atoms with Crippen molar-refractivity contribution in [1.82, 2.24) is 0 Å². The molecule has 10 heteroatoms. The quantitative estimate of drug-likeness (QED) is 0.544. The van der Waals surface area contributed by atoms with Gasteiger partial charge in [0.1, 0.15) is 29.1 Å². The maximum Gasteiger partial charge on any atom is 0.398 e. The zero-order valence-electron chi connectivity index (χ0n) is 15.9. The number of phenols is 1. The predicted molar refractivity (Wildman–Crippen MR) is 96.9 cm³/mol. The van der Waals surface area contributed by atoms with E-state index in [0.29, 0.717) is 12.2 Å². The maximum atomic E-state index is 13.4. The lowest BCUT2D eigenvalue weighted by Crippen LogP contribution is -2.34. The van der Waals surface area contributed by atoms with Gasteiger partial charge in [0.05, 0.1) is 7.11 Å². The summed E-state index contributed by atoms with van der Waals surface area (Å²) in [5.74, 6) is -8.23. The van der Waals surface area contributed by atoms with Crippen LogP contribution in [0, 0.1) is 5.92 Å². The summed E-state index contributed by atoms with van der Waals surface area (Å²) in [7, 11) is 1.28. The van der Waals surface area contributed by atoms with Crippen molar-refractivity contribution in [2.45, 2.75) is 25.6 Å². The molecule has 30 heavy (non-hydrogen) atoms. The second-order valence-corrected chi connectivity index (χ2v) is 6.37. The van der Waals surface area contributed by atoms with E-state index >= 15 is 0 Å². The minimum absolute atomic E-state index is 0.0215. The molecule has 1 aliphatic heterocycles. The fourth-order valence-corrected chi connectivity index (χ4v) is 2.72. The molecule has 160 valence electrons. The Morgan fingerprint density at radius 2 is 1.80 bits per heavy atom. The van der Waals surface area contributed by atoms with Crippen LogP contribution < -0.4 is 4.74 Å². The first-order valence-corrected chi connectivity index (χ1v) is 8.60. The van der Waals surface area contributed by atoms with Crippen LogP contribution in [0.1, 0.15) is 29.3 Å². The molecule has 0 saturated heterocycles. The van der Waals surface area contributed by atoms with Crippen LogP contribution in [-0.4, -0.2) is 47.8 Å². The number of phenolic OH excluding ortho intramolecular Hbond substituents is 1. The molecule has 0 spiro atoms. The number of carbonyl (C=O) groups excluding carboxylic acids is 4. The molecular weight excluding hydrogens is 409 g/mol. The molecule has 0 saturated carbocycles. The van der Waals surface area contributed by atoms with Crippen LogP contribution in [0.2, 0.25) is 0 Å². The Bertz CT molecular complexity index is 944. The lowest BCUT2D eigenvalue weighted by Gasteiger charge is -2.24. The van der Waals surface area contributed by atoms with Crippen molar-refractivity contribution in [3.63, 3.8) is 0 Å². The Morgan fingerprint density at radius 1 is 1.13 bits per heavy atom. The van der Waals surface area contributed by atoms with Gasteiger partial charge in [0, 0.05) is 12.5 Å². The van der Waals surface area contributed by atoms with Gasteiger partial charge in [0.15, 0.2) is 0 Å². The van der Waals surface area contributed by atoms with E-state index < -0.39 is 59.3 Å². The number of carbonyl (C=O) groups is 4. The lowest BCUT2D eigenvalue weighted by atomic mass is 9.99. The van der Waals surface area contributed by atoms with E-state index in [1.807, 2.05) is 0 Å². The molecule has 2 atom stereocenters. The fraction of sp³-hybridized carbons (Fsp3) is 0.300. The SMILES string of the molecule is COc1cc(O)c2c(c1)/C=C/CC(=O)C(=O)C(=O)/C=C\C(C(F)(F)F)C(C)OC2=O. The molecule has 0 bridgehead atoms. The highest BCUT2D eigenvalue weighted by Gasteiger charge is 2.43. The van der Waals surface area contributed by atoms with Gasteiger partial charge < -0.3 is 14.6 Å². The number of rotatable bonds is 1. The minimum atomic E-state index is -4.93. The zero-order chi connectivity index (χ0) is 22.6. The summed E-state index contributed by atoms with van der Waals surface area (Å²) < 4.78 is 50.0. The van der Waals surface area contributed by atoms with Gasteiger partial charge >= 0.3 is 12.1 Å². The number of ketones is 3. The maximum absolute atomic E-state index is 13.4. The van der Waals surface area contributed by atoms with Crippen LogP contribution in [0.5, 0.6) is 11.5 Å². The summed E-state index contributed by atoms with van der Waals surface area (Å²) in [6.07, 6.45) is -4.24. The molecular formula is C20H17F3O7. The molecule has 1 aromatic carbocycles. The third-order valence-electron chi connectivity index (χ3n) is 4.27. The van der Waals surface area contributed by atoms with Crippen molar-refractivity contribution in [1.29, 1.82) is 0 Å². The number of allylic oxidation sites excluding steroid dienone is 2. The van der Waals surface area contributed by atoms with E-state index in [1.54, 1.807) is 0 Å². The number of fused-ring (bicyclic) bond motifs is 1. The number of methoxy groups -OCH3 is 1. The summed E-state index contributed by atoms with van der Waals surface area (Å²) in [6, 6.07) is 2.35. The van der Waals surface area contributed by atoms with Crippen molar-refractivity contribution in [2.75, 3.05) is 7.11 Å². The molecule has 0 aromatic heterocycles. The van der Waals surface area contributed by atoms with Crippen molar-refractivity contribution >= 4 is 29.4 Å². The molecule has 0 aliphatic carbocycles. The number of halogens is 3. The number of cyclic esters (lactones) is 1. The largest absolute Gasteiger partial charge is 0.507 e. The van der Waals surface area contributed by atoms with Crippen LogP contribution in [0.25, 0.3) is 6.08 Å². The highest BCUT2D eigenvalue weighted by Crippen LogP contribution is 2.34. The second kappa shape index (κ2) is 8.93. The van der Waals surface area contributed by atoms with Gasteiger partial charge in [-0.15, -0.1) is 0 Å². The Morgan fingerprint density at radius 3 is 2.40 bits per heavy atom. The normalized spacial score (nSPS) is 23.2. The molecule has 0 amide bonds. The van der Waals surface area contributed by atoms with Gasteiger partial charge in [-0.1, -0.05) is 18.2 Å². The summed E-state index contributed by atoms with van der Waals surface area (Å²) >= 11 is 0. The highest BCUT2D eigenvalue weighted by atomic mass is 19.4. The first-order chi connectivity index (χ1) is 14.0. The van der Waals surface area contributed by atoms with Gasteiger partial charge in [-0.05, 0) is 24.6 Å². The molecule has 0 fully saturated rings. The van der Waals surface area contributed by atoms with Gasteiger partial charge in [-0.25, -0.2) is 4.79 Å². The first kappa shape index (κ1) is 22.9. The van der Waals surface area contributed by atoms with Crippen molar-refractivity contribution in [2.24, 2.45) is 5.92 Å². The first-order valence-electron chi connectivity index (χ1n) is 8.60. The molecule has 0 radical (unpaired) electrons. The third kappa shape index (κ3) is 5.13. The van der Waals surface area contributed by atoms with Crippen molar-refractivity contribution in [3.8, 4) is 11.5 Å². The van der Waals surface area contributed by atoms with Gasteiger partial charge in [0.2, 0.25) is 11.6 Å². The number of benzene rings is 1. The Hall–Kier alpha value is -3.43. The monoisotopic (exact) mass is 426 g/mol. The molecule has 1 N–H and O–H groups in total. The zero-order valence-corrected chi connectivity index (χ0v) is 15.9. The second-order valence-electron chi connectivity index (χ2n) is 6.37. The Labute approximate surface area is 168 Å². The van der Waals surface area contributed by atoms with Crippen molar-refractivity contribution < 1.29 is 46.9 Å². The highest BCUT2D eigenvalue weighted by molar-refractivity contribution is 6.66. The molecule has 7 nitrogen and oxygen atoms in total. The molecule has 1 aromatic rings. The smallest absolute Gasteiger partial charge is 0.398 e. The number of hydrogen-bond acceptors (Lipinski definition) is 7. The standard InChI is InChI=1S/C20H17F3O7/c1-10-13(20(21,22)23)6-7-15(25)18(27)14(24)5-3-4-11-8-12(29-2)9-16(26)17(11)19(28)30-10/h3-4,6-10,13,26H,5H2,1-2H3/b4-3+,7-6-. The van der Waals surface area contributed by atoms with E-state index in [9.17, 15) is 37.5 Å². The number of esters is 1. The van der Waals surface area contributed by atoms with Gasteiger partial charge in [-0.3, -0.25) is 14.4 Å². The summed E-state index contributed by atoms with van der Waals surface area (Å²) in [5.41, 5.74) is -0.470. The topological polar surface area (TPSA) is 107 Å². The molecule has 1 heterocycles. The Balaban J connectivity index is 2.61. The summed E-state index contributed by atoms with van der Waals surface area (Å²) in [4.78, 5) is 47.9. The number of Topliss-reactive ketones (excluding diaryl/α,β-unsaturated/α-hetero) is 2. The van der Waals surface area contributed by atoms with Crippen LogP contribution in [0.4, 0.5) is 13.2 Å². The van der Waals surface area contributed by atoms with Crippen LogP contribution in [0.15, 0.2) is 30.4 Å². The van der Waals surface area contributed by atoms with Crippen molar-refractivity contribution in [3.05, 3.63) is 41.5 Å². The fourth-order valence-electron chi connectivity index (χ4n) is 2.72. The van der Waals surface area contributed by atoms with E-state index in [2.05, 4.69) is 0 Å². The van der Waals surface area contributed by atoms with E-state index in [1.165, 1.54) is 19.3 Å². The average molecular weight is 426 g/mol. The van der Waals surface area contributed by atoms with Crippen LogP contribution in [0.3, 0.4) is 0 Å². The Kier molecular flexibility index (Phi) is 6.81. The third-order valence-corrected chi connectivity index (χ3v) is 4.27. The number of ether oxygens (including phenoxy) is 2. The molecule has 2 rings (SSSR count). The number of alkyl halides is 3. The van der Waals surface area contributed by atoms with Crippen LogP contribution >= 0.6 is 0 Å². The number of aromatic hydroxyl groups is 1. The predicted octanol–water partition coefficient (Wildman–Crippen LogP) is 2.81. The van der Waals surface area contributed by atoms with Crippen LogP contribution in [-0.2, 0) is 19.1 Å². The van der Waals surface area contributed by atoms with E-state index in [0.717, 1.165) is 19.1 Å². The summed E-state index contributed by atoms with van der Waals surface area (Å²) in [5, 5.41) is 10.2. The summed E-state index contributed by atoms with van der Waals surface area (Å²) in [6.45, 7) is 0.944. The number of hydrogen-bond donors (Lipinski definition) is 1. The van der Waals surface area contributed by atoms with Gasteiger partial charge in [-0.2, -0.15) is 13.2 Å². The molecule has 2 unspecified atom stereocenters. The minimum Gasteiger partial charge on any atom is -0.507 e. The van der Waals surface area contributed by atoms with E-state index in [-0.39, 0.29) is 11.3 Å².